The Morgan fingerprint density at radius 1 is 1.43 bits per heavy atom. The van der Waals surface area contributed by atoms with E-state index in [1.54, 1.807) is 10.7 Å². The van der Waals surface area contributed by atoms with Crippen LogP contribution >= 0.6 is 0 Å². The SMILES string of the molecule is Cc1cc(C=O)c2c(C)nn(C)c2n1. The van der Waals surface area contributed by atoms with Crippen molar-refractivity contribution in [1.82, 2.24) is 14.8 Å². The van der Waals surface area contributed by atoms with Gasteiger partial charge in [0.15, 0.2) is 11.9 Å². The highest BCUT2D eigenvalue weighted by Crippen LogP contribution is 2.19. The zero-order valence-corrected chi connectivity index (χ0v) is 8.40. The van der Waals surface area contributed by atoms with Crippen LogP contribution in [0, 0.1) is 13.8 Å². The van der Waals surface area contributed by atoms with E-state index in [1.807, 2.05) is 20.9 Å². The number of pyridine rings is 1. The zero-order chi connectivity index (χ0) is 10.3. The number of aldehydes is 1. The molecule has 2 aromatic rings. The van der Waals surface area contributed by atoms with Crippen molar-refractivity contribution < 1.29 is 4.79 Å². The van der Waals surface area contributed by atoms with Crippen LogP contribution in [0.25, 0.3) is 11.0 Å². The number of rotatable bonds is 1. The van der Waals surface area contributed by atoms with Gasteiger partial charge in [0.1, 0.15) is 0 Å². The van der Waals surface area contributed by atoms with Crippen LogP contribution in [0.5, 0.6) is 0 Å². The topological polar surface area (TPSA) is 47.8 Å². The summed E-state index contributed by atoms with van der Waals surface area (Å²) >= 11 is 0. The minimum absolute atomic E-state index is 0.665. The molecule has 0 aliphatic carbocycles. The number of nitrogens with zero attached hydrogens (tertiary/aromatic N) is 3. The molecule has 14 heavy (non-hydrogen) atoms. The molecule has 0 aliphatic rings. The lowest BCUT2D eigenvalue weighted by molar-refractivity contribution is 0.112. The molecule has 2 heterocycles. The van der Waals surface area contributed by atoms with E-state index in [1.165, 1.54) is 0 Å². The van der Waals surface area contributed by atoms with E-state index in [9.17, 15) is 4.79 Å². The number of hydrogen-bond acceptors (Lipinski definition) is 3. The van der Waals surface area contributed by atoms with Crippen molar-refractivity contribution in [3.05, 3.63) is 23.0 Å². The monoisotopic (exact) mass is 189 g/mol. The van der Waals surface area contributed by atoms with E-state index in [-0.39, 0.29) is 0 Å². The standard InChI is InChI=1S/C10H11N3O/c1-6-4-8(5-14)9-7(2)12-13(3)10(9)11-6/h4-5H,1-3H3. The van der Waals surface area contributed by atoms with E-state index >= 15 is 0 Å². The molecule has 0 aromatic carbocycles. The van der Waals surface area contributed by atoms with Crippen molar-refractivity contribution >= 4 is 17.3 Å². The first-order chi connectivity index (χ1) is 6.63. The van der Waals surface area contributed by atoms with Crippen LogP contribution in [-0.4, -0.2) is 21.1 Å². The highest BCUT2D eigenvalue weighted by Gasteiger charge is 2.11. The Labute approximate surface area is 81.6 Å². The second kappa shape index (κ2) is 2.90. The lowest BCUT2D eigenvalue weighted by Gasteiger charge is -1.98. The van der Waals surface area contributed by atoms with Gasteiger partial charge in [0.25, 0.3) is 0 Å². The predicted molar refractivity (Wildman–Crippen MR) is 53.4 cm³/mol. The van der Waals surface area contributed by atoms with Crippen LogP contribution in [0.3, 0.4) is 0 Å². The Morgan fingerprint density at radius 2 is 2.14 bits per heavy atom. The highest BCUT2D eigenvalue weighted by molar-refractivity contribution is 5.96. The van der Waals surface area contributed by atoms with Crippen LogP contribution in [0.15, 0.2) is 6.07 Å². The van der Waals surface area contributed by atoms with Crippen LogP contribution in [0.2, 0.25) is 0 Å². The molecular weight excluding hydrogens is 178 g/mol. The molecule has 0 N–H and O–H groups in total. The third-order valence-corrected chi connectivity index (χ3v) is 2.25. The van der Waals surface area contributed by atoms with Crippen LogP contribution in [0.1, 0.15) is 21.7 Å². The van der Waals surface area contributed by atoms with Crippen molar-refractivity contribution in [2.45, 2.75) is 13.8 Å². The number of fused-ring (bicyclic) bond motifs is 1. The Hall–Kier alpha value is -1.71. The Balaban J connectivity index is 2.97. The van der Waals surface area contributed by atoms with Gasteiger partial charge in [-0.3, -0.25) is 9.48 Å². The molecule has 0 fully saturated rings. The minimum Gasteiger partial charge on any atom is -0.298 e. The fraction of sp³-hybridized carbons (Fsp3) is 0.300. The van der Waals surface area contributed by atoms with Gasteiger partial charge in [0, 0.05) is 18.3 Å². The highest BCUT2D eigenvalue weighted by atomic mass is 16.1. The summed E-state index contributed by atoms with van der Waals surface area (Å²) in [7, 11) is 1.83. The van der Waals surface area contributed by atoms with Gasteiger partial charge in [-0.05, 0) is 19.9 Å². The zero-order valence-electron chi connectivity index (χ0n) is 8.40. The van der Waals surface area contributed by atoms with Gasteiger partial charge >= 0.3 is 0 Å². The lowest BCUT2D eigenvalue weighted by Crippen LogP contribution is -1.94. The van der Waals surface area contributed by atoms with Gasteiger partial charge < -0.3 is 0 Å². The summed E-state index contributed by atoms with van der Waals surface area (Å²) in [6.45, 7) is 3.75. The number of carbonyl (C=O) groups is 1. The molecule has 0 aliphatic heterocycles. The van der Waals surface area contributed by atoms with Crippen molar-refractivity contribution in [2.24, 2.45) is 7.05 Å². The summed E-state index contributed by atoms with van der Waals surface area (Å²) in [6.07, 6.45) is 0.853. The molecule has 4 nitrogen and oxygen atoms in total. The lowest BCUT2D eigenvalue weighted by atomic mass is 10.1. The van der Waals surface area contributed by atoms with Crippen LogP contribution in [-0.2, 0) is 7.05 Å². The fourth-order valence-electron chi connectivity index (χ4n) is 1.70. The van der Waals surface area contributed by atoms with Crippen LogP contribution in [0.4, 0.5) is 0 Å². The summed E-state index contributed by atoms with van der Waals surface area (Å²) in [6, 6.07) is 1.78. The molecule has 0 saturated heterocycles. The average molecular weight is 189 g/mol. The first kappa shape index (κ1) is 8.87. The molecule has 0 bridgehead atoms. The van der Waals surface area contributed by atoms with Gasteiger partial charge in [-0.25, -0.2) is 4.98 Å². The second-order valence-electron chi connectivity index (χ2n) is 3.38. The Bertz CT molecular complexity index is 514. The first-order valence-corrected chi connectivity index (χ1v) is 4.39. The van der Waals surface area contributed by atoms with Gasteiger partial charge in [0.2, 0.25) is 0 Å². The maximum absolute atomic E-state index is 10.9. The summed E-state index contributed by atoms with van der Waals surface area (Å²) in [5.41, 5.74) is 3.11. The number of hydrogen-bond donors (Lipinski definition) is 0. The van der Waals surface area contributed by atoms with E-state index < -0.39 is 0 Å². The van der Waals surface area contributed by atoms with Crippen LogP contribution < -0.4 is 0 Å². The van der Waals surface area contributed by atoms with Crippen molar-refractivity contribution in [2.75, 3.05) is 0 Å². The molecule has 0 spiro atoms. The second-order valence-corrected chi connectivity index (χ2v) is 3.38. The van der Waals surface area contributed by atoms with E-state index in [2.05, 4.69) is 10.1 Å². The summed E-state index contributed by atoms with van der Waals surface area (Å²) < 4.78 is 1.70. The van der Waals surface area contributed by atoms with E-state index in [0.29, 0.717) is 5.56 Å². The number of aromatic nitrogens is 3. The first-order valence-electron chi connectivity index (χ1n) is 4.39. The molecule has 72 valence electrons. The minimum atomic E-state index is 0.665. The van der Waals surface area contributed by atoms with Gasteiger partial charge in [-0.2, -0.15) is 5.10 Å². The average Bonchev–Trinajstić information content (AvgIpc) is 2.41. The Kier molecular flexibility index (Phi) is 1.84. The summed E-state index contributed by atoms with van der Waals surface area (Å²) in [4.78, 5) is 15.2. The van der Waals surface area contributed by atoms with Crippen molar-refractivity contribution in [3.8, 4) is 0 Å². The molecule has 4 heteroatoms. The molecule has 2 aromatic heterocycles. The molecule has 0 radical (unpaired) electrons. The molecule has 0 amide bonds. The molecule has 0 atom stereocenters. The third kappa shape index (κ3) is 1.11. The third-order valence-electron chi connectivity index (χ3n) is 2.25. The smallest absolute Gasteiger partial charge is 0.158 e. The normalized spacial score (nSPS) is 10.8. The van der Waals surface area contributed by atoms with Gasteiger partial charge in [-0.15, -0.1) is 0 Å². The molecule has 0 saturated carbocycles. The summed E-state index contributed by atoms with van der Waals surface area (Å²) in [5.74, 6) is 0. The maximum atomic E-state index is 10.9. The van der Waals surface area contributed by atoms with Crippen molar-refractivity contribution in [3.63, 3.8) is 0 Å². The number of aryl methyl sites for hydroxylation is 3. The van der Waals surface area contributed by atoms with E-state index in [0.717, 1.165) is 28.7 Å². The summed E-state index contributed by atoms with van der Waals surface area (Å²) in [5, 5.41) is 5.09. The largest absolute Gasteiger partial charge is 0.298 e. The quantitative estimate of drug-likeness (QED) is 0.637. The predicted octanol–water partition coefficient (Wildman–Crippen LogP) is 1.40. The molecule has 0 unspecified atom stereocenters. The molecule has 2 rings (SSSR count). The Morgan fingerprint density at radius 3 is 2.79 bits per heavy atom. The molecular formula is C10H11N3O. The van der Waals surface area contributed by atoms with E-state index in [4.69, 9.17) is 0 Å². The maximum Gasteiger partial charge on any atom is 0.158 e. The van der Waals surface area contributed by atoms with Crippen molar-refractivity contribution in [1.29, 1.82) is 0 Å². The number of carbonyl (C=O) groups excluding carboxylic acids is 1. The van der Waals surface area contributed by atoms with Gasteiger partial charge in [0.05, 0.1) is 11.1 Å². The fourth-order valence-corrected chi connectivity index (χ4v) is 1.70. The van der Waals surface area contributed by atoms with Gasteiger partial charge in [-0.1, -0.05) is 0 Å².